The molecule has 1 aliphatic heterocycles. The molecule has 1 aromatic carbocycles. The van der Waals surface area contributed by atoms with Gasteiger partial charge < -0.3 is 19.7 Å². The number of amides is 2. The summed E-state index contributed by atoms with van der Waals surface area (Å²) in [6.07, 6.45) is -0.335. The van der Waals surface area contributed by atoms with Crippen LogP contribution >= 0.6 is 0 Å². The normalized spacial score (nSPS) is 13.7. The summed E-state index contributed by atoms with van der Waals surface area (Å²) in [6.45, 7) is 11.9. The van der Waals surface area contributed by atoms with E-state index < -0.39 is 46.1 Å². The third-order valence-corrected chi connectivity index (χ3v) is 5.28. The van der Waals surface area contributed by atoms with Gasteiger partial charge >= 0.3 is 18.0 Å². The fourth-order valence-corrected chi connectivity index (χ4v) is 3.77. The van der Waals surface area contributed by atoms with E-state index in [1.54, 1.807) is 48.5 Å². The number of esters is 1. The predicted molar refractivity (Wildman–Crippen MR) is 139 cm³/mol. The van der Waals surface area contributed by atoms with Crippen molar-refractivity contribution >= 4 is 35.3 Å². The predicted octanol–water partition coefficient (Wildman–Crippen LogP) is 4.14. The second kappa shape index (κ2) is 12.8. The molecule has 0 unspecified atom stereocenters. The second-order valence-corrected chi connectivity index (χ2v) is 11.0. The minimum atomic E-state index is -1.20. The van der Waals surface area contributed by atoms with E-state index in [4.69, 9.17) is 19.2 Å². The van der Waals surface area contributed by atoms with E-state index >= 15 is 0 Å². The van der Waals surface area contributed by atoms with Crippen LogP contribution in [0, 0.1) is 10.1 Å². The van der Waals surface area contributed by atoms with Gasteiger partial charge in [0.25, 0.3) is 5.69 Å². The number of benzene rings is 1. The molecule has 2 amide bonds. The standard InChI is InChI=1S/C26H37N3O10/c1-8-9-21(31)39-38-19-12-11-18(29(34)35)22-16(19)14-15-28(22)20(30)13-10-17(23(32)36-25(2,3)4)27-24(33)37-26(5,6)7/h11-12,17H,8-10,13-15H2,1-7H3,(H,27,33)/t17-/m0/s1. The van der Waals surface area contributed by atoms with Gasteiger partial charge in [0.05, 0.1) is 4.92 Å². The van der Waals surface area contributed by atoms with E-state index in [2.05, 4.69) is 5.32 Å². The first-order valence-corrected chi connectivity index (χ1v) is 12.7. The van der Waals surface area contributed by atoms with Gasteiger partial charge in [-0.05, 0) is 66.9 Å². The molecule has 0 aromatic heterocycles. The number of hydrogen-bond donors (Lipinski definition) is 1. The van der Waals surface area contributed by atoms with Crippen LogP contribution in [0.15, 0.2) is 12.1 Å². The molecule has 13 heteroatoms. The minimum absolute atomic E-state index is 0.0305. The lowest BCUT2D eigenvalue weighted by Crippen LogP contribution is -2.46. The number of nitrogens with zero attached hydrogens (tertiary/aromatic N) is 2. The van der Waals surface area contributed by atoms with Crippen molar-refractivity contribution in [3.8, 4) is 5.75 Å². The average Bonchev–Trinajstić information content (AvgIpc) is 3.23. The highest BCUT2D eigenvalue weighted by atomic mass is 17.2. The molecule has 39 heavy (non-hydrogen) atoms. The van der Waals surface area contributed by atoms with Gasteiger partial charge in [0.1, 0.15) is 22.9 Å². The van der Waals surface area contributed by atoms with E-state index in [1.165, 1.54) is 17.0 Å². The largest absolute Gasteiger partial charge is 0.458 e. The van der Waals surface area contributed by atoms with E-state index in [-0.39, 0.29) is 49.4 Å². The summed E-state index contributed by atoms with van der Waals surface area (Å²) in [5.41, 5.74) is -1.61. The molecule has 0 bridgehead atoms. The van der Waals surface area contributed by atoms with Crippen molar-refractivity contribution in [1.29, 1.82) is 0 Å². The lowest BCUT2D eigenvalue weighted by molar-refractivity contribution is -0.384. The molecule has 1 aliphatic rings. The number of carbonyl (C=O) groups is 4. The Labute approximate surface area is 227 Å². The fourth-order valence-electron chi connectivity index (χ4n) is 3.77. The van der Waals surface area contributed by atoms with Crippen LogP contribution in [-0.2, 0) is 35.2 Å². The quantitative estimate of drug-likeness (QED) is 0.193. The Hall–Kier alpha value is -3.90. The van der Waals surface area contributed by atoms with E-state index in [9.17, 15) is 29.3 Å². The summed E-state index contributed by atoms with van der Waals surface area (Å²) in [5, 5.41) is 14.2. The van der Waals surface area contributed by atoms with Crippen molar-refractivity contribution in [3.05, 3.63) is 27.8 Å². The maximum Gasteiger partial charge on any atom is 0.408 e. The summed E-state index contributed by atoms with van der Waals surface area (Å²) in [5.74, 6) is -1.77. The monoisotopic (exact) mass is 551 g/mol. The van der Waals surface area contributed by atoms with E-state index in [1.807, 2.05) is 0 Å². The first kappa shape index (κ1) is 31.3. The Morgan fingerprint density at radius 3 is 2.26 bits per heavy atom. The van der Waals surface area contributed by atoms with E-state index in [0.29, 0.717) is 12.0 Å². The maximum atomic E-state index is 13.3. The summed E-state index contributed by atoms with van der Waals surface area (Å²) in [6, 6.07) is 1.28. The number of carbonyl (C=O) groups excluding carboxylic acids is 4. The average molecular weight is 552 g/mol. The highest BCUT2D eigenvalue weighted by Gasteiger charge is 2.36. The summed E-state index contributed by atoms with van der Waals surface area (Å²) >= 11 is 0. The first-order valence-electron chi connectivity index (χ1n) is 12.7. The molecule has 216 valence electrons. The second-order valence-electron chi connectivity index (χ2n) is 11.0. The SMILES string of the molecule is CCCC(=O)OOc1ccc([N+](=O)[O-])c2c1CCN2C(=O)CC[C@H](NC(=O)OC(C)(C)C)C(=O)OC(C)(C)C. The number of nitrogens with one attached hydrogen (secondary N) is 1. The molecule has 0 radical (unpaired) electrons. The number of alkyl carbamates (subject to hydrolysis) is 1. The molecule has 0 saturated carbocycles. The summed E-state index contributed by atoms with van der Waals surface area (Å²) < 4.78 is 10.6. The molecular weight excluding hydrogens is 514 g/mol. The van der Waals surface area contributed by atoms with Crippen LogP contribution in [0.3, 0.4) is 0 Å². The zero-order valence-electron chi connectivity index (χ0n) is 23.5. The van der Waals surface area contributed by atoms with Crippen molar-refractivity contribution in [2.75, 3.05) is 11.4 Å². The van der Waals surface area contributed by atoms with Gasteiger partial charge in [0.15, 0.2) is 5.75 Å². The molecule has 1 aromatic rings. The molecule has 1 N–H and O–H groups in total. The Morgan fingerprint density at radius 1 is 1.05 bits per heavy atom. The summed E-state index contributed by atoms with van der Waals surface area (Å²) in [4.78, 5) is 72.4. The van der Waals surface area contributed by atoms with Gasteiger partial charge in [-0.2, -0.15) is 0 Å². The first-order chi connectivity index (χ1) is 18.0. The van der Waals surface area contributed by atoms with Gasteiger partial charge in [-0.25, -0.2) is 14.4 Å². The van der Waals surface area contributed by atoms with Crippen LogP contribution in [0.5, 0.6) is 5.75 Å². The molecule has 1 heterocycles. The molecule has 2 rings (SSSR count). The third kappa shape index (κ3) is 9.41. The number of fused-ring (bicyclic) bond motifs is 1. The van der Waals surface area contributed by atoms with E-state index in [0.717, 1.165) is 0 Å². The molecule has 13 nitrogen and oxygen atoms in total. The highest BCUT2D eigenvalue weighted by Crippen LogP contribution is 2.42. The van der Waals surface area contributed by atoms with Gasteiger partial charge in [-0.1, -0.05) is 6.92 Å². The molecule has 0 fully saturated rings. The minimum Gasteiger partial charge on any atom is -0.458 e. The fraction of sp³-hybridized carbons (Fsp3) is 0.615. The van der Waals surface area contributed by atoms with Crippen molar-refractivity contribution in [2.45, 2.75) is 97.8 Å². The number of anilines is 1. The van der Waals surface area contributed by atoms with Crippen LogP contribution in [0.4, 0.5) is 16.2 Å². The van der Waals surface area contributed by atoms with Gasteiger partial charge in [0.2, 0.25) is 5.91 Å². The number of rotatable bonds is 10. The molecule has 0 aliphatic carbocycles. The summed E-state index contributed by atoms with van der Waals surface area (Å²) in [7, 11) is 0. The van der Waals surface area contributed by atoms with Crippen LogP contribution in [-0.4, -0.2) is 52.7 Å². The number of hydrogen-bond acceptors (Lipinski definition) is 10. The maximum absolute atomic E-state index is 13.3. The molecular formula is C26H37N3O10. The highest BCUT2D eigenvalue weighted by molar-refractivity contribution is 5.99. The van der Waals surface area contributed by atoms with Gasteiger partial charge in [-0.15, -0.1) is 0 Å². The molecule has 0 saturated heterocycles. The number of nitro groups is 1. The lowest BCUT2D eigenvalue weighted by atomic mass is 10.1. The molecule has 1 atom stereocenters. The smallest absolute Gasteiger partial charge is 0.408 e. The number of nitro benzene ring substituents is 1. The lowest BCUT2D eigenvalue weighted by Gasteiger charge is -2.26. The Morgan fingerprint density at radius 2 is 1.69 bits per heavy atom. The van der Waals surface area contributed by atoms with Crippen LogP contribution < -0.4 is 15.1 Å². The van der Waals surface area contributed by atoms with Crippen molar-refractivity contribution in [1.82, 2.24) is 5.32 Å². The molecule has 0 spiro atoms. The topological polar surface area (TPSA) is 164 Å². The Bertz CT molecular complexity index is 1100. The van der Waals surface area contributed by atoms with Crippen molar-refractivity contribution in [3.63, 3.8) is 0 Å². The van der Waals surface area contributed by atoms with Crippen LogP contribution in [0.25, 0.3) is 0 Å². The zero-order valence-corrected chi connectivity index (χ0v) is 23.5. The Balaban J connectivity index is 2.24. The zero-order chi connectivity index (χ0) is 29.5. The number of ether oxygens (including phenoxy) is 2. The van der Waals surface area contributed by atoms with Crippen molar-refractivity contribution < 1.29 is 43.4 Å². The van der Waals surface area contributed by atoms with Gasteiger partial charge in [0, 0.05) is 31.0 Å². The Kier molecular flexibility index (Phi) is 10.3. The van der Waals surface area contributed by atoms with Crippen LogP contribution in [0.2, 0.25) is 0 Å². The third-order valence-electron chi connectivity index (χ3n) is 5.28. The van der Waals surface area contributed by atoms with Crippen molar-refractivity contribution in [2.24, 2.45) is 0 Å². The van der Waals surface area contributed by atoms with Crippen LogP contribution in [0.1, 0.15) is 79.7 Å². The van der Waals surface area contributed by atoms with Gasteiger partial charge in [-0.3, -0.25) is 24.7 Å².